The van der Waals surface area contributed by atoms with Crippen LogP contribution in [0.3, 0.4) is 0 Å². The predicted octanol–water partition coefficient (Wildman–Crippen LogP) is 1.74. The van der Waals surface area contributed by atoms with Gasteiger partial charge in [0.2, 0.25) is 10.0 Å². The van der Waals surface area contributed by atoms with Gasteiger partial charge in [0.1, 0.15) is 4.90 Å². The molecule has 0 unspecified atom stereocenters. The normalized spacial score (nSPS) is 12.5. The summed E-state index contributed by atoms with van der Waals surface area (Å²) < 4.78 is 26.7. The first kappa shape index (κ1) is 16.2. The summed E-state index contributed by atoms with van der Waals surface area (Å²) in [5, 5.41) is 0.153. The zero-order valence-electron chi connectivity index (χ0n) is 11.2. The van der Waals surface area contributed by atoms with E-state index in [2.05, 4.69) is 15.1 Å². The van der Waals surface area contributed by atoms with E-state index < -0.39 is 10.0 Å². The Labute approximate surface area is 118 Å². The van der Waals surface area contributed by atoms with Crippen molar-refractivity contribution in [2.75, 3.05) is 12.0 Å². The molecule has 8 heteroatoms. The van der Waals surface area contributed by atoms with E-state index in [1.54, 1.807) is 0 Å². The van der Waals surface area contributed by atoms with Gasteiger partial charge < -0.3 is 5.43 Å². The topological polar surface area (TPSA) is 97.1 Å². The number of hydrogen-bond donors (Lipinski definition) is 3. The molecule has 1 aromatic rings. The summed E-state index contributed by atoms with van der Waals surface area (Å²) in [6.45, 7) is 6.33. The van der Waals surface area contributed by atoms with Crippen LogP contribution in [0.25, 0.3) is 0 Å². The van der Waals surface area contributed by atoms with Crippen LogP contribution in [0.2, 0.25) is 5.02 Å². The van der Waals surface area contributed by atoms with E-state index in [0.29, 0.717) is 6.54 Å². The highest BCUT2D eigenvalue weighted by atomic mass is 35.5. The molecule has 0 radical (unpaired) electrons. The Hall–Kier alpha value is -0.890. The van der Waals surface area contributed by atoms with Gasteiger partial charge in [0, 0.05) is 12.7 Å². The Bertz CT molecular complexity index is 546. The maximum Gasteiger partial charge on any atom is 0.242 e. The number of nitrogens with one attached hydrogen (secondary N) is 2. The first-order valence-corrected chi connectivity index (χ1v) is 7.70. The molecule has 4 N–H and O–H groups in total. The number of hydrogen-bond acceptors (Lipinski definition) is 5. The van der Waals surface area contributed by atoms with E-state index in [1.165, 1.54) is 12.3 Å². The summed E-state index contributed by atoms with van der Waals surface area (Å²) in [7, 11) is -3.62. The van der Waals surface area contributed by atoms with Crippen LogP contribution in [0, 0.1) is 5.41 Å². The second-order valence-corrected chi connectivity index (χ2v) is 7.16. The Morgan fingerprint density at radius 3 is 2.58 bits per heavy atom. The Morgan fingerprint density at radius 1 is 1.47 bits per heavy atom. The molecule has 0 bridgehead atoms. The van der Waals surface area contributed by atoms with Crippen LogP contribution in [0.1, 0.15) is 27.2 Å². The van der Waals surface area contributed by atoms with Crippen LogP contribution in [-0.4, -0.2) is 19.9 Å². The monoisotopic (exact) mass is 306 g/mol. The van der Waals surface area contributed by atoms with E-state index in [0.717, 1.165) is 6.42 Å². The highest BCUT2D eigenvalue weighted by Crippen LogP contribution is 2.23. The van der Waals surface area contributed by atoms with Crippen LogP contribution in [-0.2, 0) is 10.0 Å². The van der Waals surface area contributed by atoms with Crippen LogP contribution < -0.4 is 16.0 Å². The van der Waals surface area contributed by atoms with E-state index in [9.17, 15) is 8.42 Å². The maximum absolute atomic E-state index is 12.1. The van der Waals surface area contributed by atoms with Crippen molar-refractivity contribution in [2.45, 2.75) is 32.1 Å². The van der Waals surface area contributed by atoms with Crippen molar-refractivity contribution < 1.29 is 8.42 Å². The Morgan fingerprint density at radius 2 is 2.11 bits per heavy atom. The number of nitrogens with zero attached hydrogens (tertiary/aromatic N) is 1. The Kier molecular flexibility index (Phi) is 5.14. The molecule has 0 aliphatic rings. The SMILES string of the molecule is CCC(C)(C)CNS(=O)(=O)c1cnc(NN)c(Cl)c1. The minimum absolute atomic E-state index is 0.0170. The first-order chi connectivity index (χ1) is 8.72. The van der Waals surface area contributed by atoms with E-state index >= 15 is 0 Å². The summed E-state index contributed by atoms with van der Waals surface area (Å²) in [5.41, 5.74) is 2.17. The molecule has 6 nitrogen and oxygen atoms in total. The molecule has 0 aromatic carbocycles. The van der Waals surface area contributed by atoms with Crippen molar-refractivity contribution in [2.24, 2.45) is 11.3 Å². The predicted molar refractivity (Wildman–Crippen MR) is 76.3 cm³/mol. The van der Waals surface area contributed by atoms with Crippen molar-refractivity contribution >= 4 is 27.4 Å². The third kappa shape index (κ3) is 4.31. The van der Waals surface area contributed by atoms with E-state index in [-0.39, 0.29) is 21.2 Å². The average Bonchev–Trinajstić information content (AvgIpc) is 2.36. The molecule has 1 aromatic heterocycles. The molecular formula is C11H19ClN4O2S. The standard InChI is InChI=1S/C11H19ClN4O2S/c1-4-11(2,3)7-15-19(17,18)8-5-9(12)10(16-13)14-6-8/h5-6,15H,4,7,13H2,1-3H3,(H,14,16). The molecule has 0 fully saturated rings. The van der Waals surface area contributed by atoms with Crippen molar-refractivity contribution in [3.8, 4) is 0 Å². The van der Waals surface area contributed by atoms with Crippen molar-refractivity contribution in [3.05, 3.63) is 17.3 Å². The van der Waals surface area contributed by atoms with Crippen LogP contribution in [0.5, 0.6) is 0 Å². The molecule has 1 heterocycles. The molecule has 0 saturated heterocycles. The van der Waals surface area contributed by atoms with Gasteiger partial charge in [-0.1, -0.05) is 32.4 Å². The van der Waals surface area contributed by atoms with Crippen molar-refractivity contribution in [1.82, 2.24) is 9.71 Å². The quantitative estimate of drug-likeness (QED) is 0.549. The van der Waals surface area contributed by atoms with Gasteiger partial charge in [-0.05, 0) is 17.9 Å². The van der Waals surface area contributed by atoms with Gasteiger partial charge in [0.05, 0.1) is 5.02 Å². The van der Waals surface area contributed by atoms with Gasteiger partial charge in [-0.3, -0.25) is 0 Å². The Balaban J connectivity index is 2.92. The molecule has 19 heavy (non-hydrogen) atoms. The number of hydrazine groups is 1. The summed E-state index contributed by atoms with van der Waals surface area (Å²) in [5.74, 6) is 5.41. The minimum Gasteiger partial charge on any atom is -0.307 e. The summed E-state index contributed by atoms with van der Waals surface area (Å²) in [4.78, 5) is 3.86. The zero-order chi connectivity index (χ0) is 14.7. The number of rotatable bonds is 6. The maximum atomic E-state index is 12.1. The van der Waals surface area contributed by atoms with Gasteiger partial charge in [-0.15, -0.1) is 0 Å². The van der Waals surface area contributed by atoms with Gasteiger partial charge in [-0.25, -0.2) is 24.0 Å². The van der Waals surface area contributed by atoms with Crippen LogP contribution >= 0.6 is 11.6 Å². The highest BCUT2D eigenvalue weighted by molar-refractivity contribution is 7.89. The lowest BCUT2D eigenvalue weighted by Gasteiger charge is -2.22. The smallest absolute Gasteiger partial charge is 0.242 e. The summed E-state index contributed by atoms with van der Waals surface area (Å²) >= 11 is 5.86. The number of sulfonamides is 1. The third-order valence-electron chi connectivity index (χ3n) is 2.96. The fraction of sp³-hybridized carbons (Fsp3) is 0.545. The van der Waals surface area contributed by atoms with Crippen LogP contribution in [0.15, 0.2) is 17.2 Å². The van der Waals surface area contributed by atoms with Crippen molar-refractivity contribution in [3.63, 3.8) is 0 Å². The lowest BCUT2D eigenvalue weighted by Crippen LogP contribution is -2.33. The third-order valence-corrected chi connectivity index (χ3v) is 4.62. The van der Waals surface area contributed by atoms with Gasteiger partial charge in [0.25, 0.3) is 0 Å². The van der Waals surface area contributed by atoms with Crippen LogP contribution in [0.4, 0.5) is 5.82 Å². The number of anilines is 1. The molecule has 0 spiro atoms. The second kappa shape index (κ2) is 6.04. The fourth-order valence-electron chi connectivity index (χ4n) is 1.17. The molecule has 1 rings (SSSR count). The zero-order valence-corrected chi connectivity index (χ0v) is 12.8. The van der Waals surface area contributed by atoms with E-state index in [1.807, 2.05) is 20.8 Å². The minimum atomic E-state index is -3.62. The lowest BCUT2D eigenvalue weighted by molar-refractivity contribution is 0.350. The number of pyridine rings is 1. The van der Waals surface area contributed by atoms with E-state index in [4.69, 9.17) is 17.4 Å². The molecule has 0 amide bonds. The molecule has 0 aliphatic carbocycles. The largest absolute Gasteiger partial charge is 0.307 e. The fourth-order valence-corrected chi connectivity index (χ4v) is 2.67. The number of nitrogen functional groups attached to an aromatic ring is 1. The van der Waals surface area contributed by atoms with Gasteiger partial charge >= 0.3 is 0 Å². The molecule has 108 valence electrons. The average molecular weight is 307 g/mol. The molecular weight excluding hydrogens is 288 g/mol. The molecule has 0 atom stereocenters. The summed E-state index contributed by atoms with van der Waals surface area (Å²) in [6, 6.07) is 1.31. The number of nitrogens with two attached hydrogens (primary N) is 1. The summed E-state index contributed by atoms with van der Waals surface area (Å²) in [6.07, 6.45) is 2.08. The highest BCUT2D eigenvalue weighted by Gasteiger charge is 2.21. The first-order valence-electron chi connectivity index (χ1n) is 5.83. The van der Waals surface area contributed by atoms with Gasteiger partial charge in [-0.2, -0.15) is 0 Å². The number of halogens is 1. The van der Waals surface area contributed by atoms with Gasteiger partial charge in [0.15, 0.2) is 5.82 Å². The second-order valence-electron chi connectivity index (χ2n) is 4.99. The number of aromatic nitrogens is 1. The molecule has 0 aliphatic heterocycles. The molecule has 0 saturated carbocycles. The lowest BCUT2D eigenvalue weighted by atomic mass is 9.91. The van der Waals surface area contributed by atoms with Crippen molar-refractivity contribution in [1.29, 1.82) is 0 Å².